The van der Waals surface area contributed by atoms with Gasteiger partial charge in [0, 0.05) is 6.04 Å². The number of benzene rings is 1. The minimum atomic E-state index is -3.77. The summed E-state index contributed by atoms with van der Waals surface area (Å²) in [5.41, 5.74) is 6.12. The van der Waals surface area contributed by atoms with Gasteiger partial charge in [0.25, 0.3) is 0 Å². The SMILES string of the molecule is CC(NS(=O)(=O)c1cn[nH]c1N)c1ccc(F)cc1. The Balaban J connectivity index is 2.21. The summed E-state index contributed by atoms with van der Waals surface area (Å²) in [6, 6.07) is 5.06. The molecular formula is C11H13FN4O2S. The molecule has 102 valence electrons. The third-order valence-electron chi connectivity index (χ3n) is 2.62. The largest absolute Gasteiger partial charge is 0.383 e. The lowest BCUT2D eigenvalue weighted by atomic mass is 10.1. The fourth-order valence-corrected chi connectivity index (χ4v) is 2.87. The Bertz CT molecular complexity index is 666. The fraction of sp³-hybridized carbons (Fsp3) is 0.182. The maximum absolute atomic E-state index is 12.8. The van der Waals surface area contributed by atoms with Gasteiger partial charge < -0.3 is 5.73 Å². The molecule has 1 aromatic heterocycles. The van der Waals surface area contributed by atoms with Crippen LogP contribution in [-0.2, 0) is 10.0 Å². The van der Waals surface area contributed by atoms with Crippen molar-refractivity contribution in [1.82, 2.24) is 14.9 Å². The van der Waals surface area contributed by atoms with Crippen LogP contribution < -0.4 is 10.5 Å². The van der Waals surface area contributed by atoms with Gasteiger partial charge in [-0.05, 0) is 24.6 Å². The molecule has 8 heteroatoms. The van der Waals surface area contributed by atoms with Gasteiger partial charge in [-0.3, -0.25) is 5.10 Å². The second-order valence-electron chi connectivity index (χ2n) is 4.04. The second-order valence-corrected chi connectivity index (χ2v) is 5.72. The zero-order chi connectivity index (χ0) is 14.0. The van der Waals surface area contributed by atoms with Crippen LogP contribution in [0.25, 0.3) is 0 Å². The van der Waals surface area contributed by atoms with Crippen LogP contribution in [0.1, 0.15) is 18.5 Å². The van der Waals surface area contributed by atoms with Gasteiger partial charge in [0.2, 0.25) is 10.0 Å². The molecule has 4 N–H and O–H groups in total. The molecule has 0 fully saturated rings. The lowest BCUT2D eigenvalue weighted by Gasteiger charge is -2.14. The molecule has 0 aliphatic heterocycles. The zero-order valence-electron chi connectivity index (χ0n) is 10.1. The quantitative estimate of drug-likeness (QED) is 0.784. The Morgan fingerprint density at radius 2 is 2.00 bits per heavy atom. The van der Waals surface area contributed by atoms with Crippen molar-refractivity contribution in [3.8, 4) is 0 Å². The van der Waals surface area contributed by atoms with E-state index in [0.717, 1.165) is 6.20 Å². The van der Waals surface area contributed by atoms with Crippen LogP contribution in [0.3, 0.4) is 0 Å². The van der Waals surface area contributed by atoms with Gasteiger partial charge in [0.1, 0.15) is 16.5 Å². The Labute approximate surface area is 109 Å². The highest BCUT2D eigenvalue weighted by Gasteiger charge is 2.22. The van der Waals surface area contributed by atoms with E-state index in [1.54, 1.807) is 6.92 Å². The number of H-pyrrole nitrogens is 1. The number of aromatic nitrogens is 2. The van der Waals surface area contributed by atoms with E-state index in [1.807, 2.05) is 0 Å². The van der Waals surface area contributed by atoms with Gasteiger partial charge in [-0.1, -0.05) is 12.1 Å². The molecule has 19 heavy (non-hydrogen) atoms. The summed E-state index contributed by atoms with van der Waals surface area (Å²) in [7, 11) is -3.77. The summed E-state index contributed by atoms with van der Waals surface area (Å²) >= 11 is 0. The number of anilines is 1. The summed E-state index contributed by atoms with van der Waals surface area (Å²) in [6.07, 6.45) is 1.13. The maximum atomic E-state index is 12.8. The Morgan fingerprint density at radius 3 is 2.53 bits per heavy atom. The number of nitrogens with zero attached hydrogens (tertiary/aromatic N) is 1. The second kappa shape index (κ2) is 4.98. The van der Waals surface area contributed by atoms with E-state index in [4.69, 9.17) is 5.73 Å². The molecule has 0 bridgehead atoms. The monoisotopic (exact) mass is 284 g/mol. The standard InChI is InChI=1S/C11H13FN4O2S/c1-7(8-2-4-9(12)5-3-8)16-19(17,18)10-6-14-15-11(10)13/h2-7,16H,1H3,(H3,13,14,15). The predicted molar refractivity (Wildman–Crippen MR) is 68.1 cm³/mol. The molecule has 0 spiro atoms. The van der Waals surface area contributed by atoms with E-state index in [2.05, 4.69) is 14.9 Å². The highest BCUT2D eigenvalue weighted by molar-refractivity contribution is 7.89. The first-order valence-electron chi connectivity index (χ1n) is 5.47. The van der Waals surface area contributed by atoms with E-state index in [-0.39, 0.29) is 16.5 Å². The number of hydrogen-bond donors (Lipinski definition) is 3. The summed E-state index contributed by atoms with van der Waals surface area (Å²) < 4.78 is 39.3. The van der Waals surface area contributed by atoms with Gasteiger partial charge in [-0.2, -0.15) is 5.10 Å². The molecule has 0 radical (unpaired) electrons. The zero-order valence-corrected chi connectivity index (χ0v) is 10.9. The topological polar surface area (TPSA) is 101 Å². The van der Waals surface area contributed by atoms with Gasteiger partial charge in [-0.15, -0.1) is 0 Å². The molecule has 1 unspecified atom stereocenters. The molecule has 0 aliphatic carbocycles. The third-order valence-corrected chi connectivity index (χ3v) is 4.19. The lowest BCUT2D eigenvalue weighted by Crippen LogP contribution is -2.27. The Kier molecular flexibility index (Phi) is 3.54. The molecule has 2 aromatic rings. The molecule has 1 heterocycles. The van der Waals surface area contributed by atoms with Crippen LogP contribution in [0.2, 0.25) is 0 Å². The molecule has 0 amide bonds. The number of nitrogens with one attached hydrogen (secondary N) is 2. The molecule has 6 nitrogen and oxygen atoms in total. The molecule has 1 aromatic carbocycles. The van der Waals surface area contributed by atoms with Crippen LogP contribution in [0.5, 0.6) is 0 Å². The normalized spacial score (nSPS) is 13.4. The maximum Gasteiger partial charge on any atom is 0.246 e. The number of rotatable bonds is 4. The highest BCUT2D eigenvalue weighted by atomic mass is 32.2. The van der Waals surface area contributed by atoms with Crippen LogP contribution in [0.4, 0.5) is 10.2 Å². The minimum Gasteiger partial charge on any atom is -0.383 e. The van der Waals surface area contributed by atoms with E-state index in [1.165, 1.54) is 24.3 Å². The summed E-state index contributed by atoms with van der Waals surface area (Å²) in [5.74, 6) is -0.406. The summed E-state index contributed by atoms with van der Waals surface area (Å²) in [6.45, 7) is 1.65. The van der Waals surface area contributed by atoms with Crippen LogP contribution in [-0.4, -0.2) is 18.6 Å². The van der Waals surface area contributed by atoms with Crippen molar-refractivity contribution in [2.24, 2.45) is 0 Å². The predicted octanol–water partition coefficient (Wildman–Crippen LogP) is 1.17. The van der Waals surface area contributed by atoms with Crippen molar-refractivity contribution in [3.05, 3.63) is 41.8 Å². The number of nitrogen functional groups attached to an aromatic ring is 1. The Morgan fingerprint density at radius 1 is 1.37 bits per heavy atom. The summed E-state index contributed by atoms with van der Waals surface area (Å²) in [5, 5.41) is 5.92. The van der Waals surface area contributed by atoms with Crippen molar-refractivity contribution in [2.45, 2.75) is 17.9 Å². The van der Waals surface area contributed by atoms with Crippen molar-refractivity contribution in [3.63, 3.8) is 0 Å². The first-order valence-corrected chi connectivity index (χ1v) is 6.95. The number of sulfonamides is 1. The number of aromatic amines is 1. The minimum absolute atomic E-state index is 0.0289. The highest BCUT2D eigenvalue weighted by Crippen LogP contribution is 2.19. The Hall–Kier alpha value is -1.93. The van der Waals surface area contributed by atoms with Gasteiger partial charge in [-0.25, -0.2) is 17.5 Å². The number of nitrogens with two attached hydrogens (primary N) is 1. The van der Waals surface area contributed by atoms with Gasteiger partial charge in [0.15, 0.2) is 0 Å². The third kappa shape index (κ3) is 2.91. The first kappa shape index (κ1) is 13.5. The van der Waals surface area contributed by atoms with E-state index >= 15 is 0 Å². The molecular weight excluding hydrogens is 271 g/mol. The average molecular weight is 284 g/mol. The van der Waals surface area contributed by atoms with E-state index in [9.17, 15) is 12.8 Å². The molecule has 1 atom stereocenters. The first-order chi connectivity index (χ1) is 8.90. The van der Waals surface area contributed by atoms with Crippen molar-refractivity contribution in [1.29, 1.82) is 0 Å². The molecule has 2 rings (SSSR count). The smallest absolute Gasteiger partial charge is 0.246 e. The lowest BCUT2D eigenvalue weighted by molar-refractivity contribution is 0.567. The average Bonchev–Trinajstić information content (AvgIpc) is 2.76. The van der Waals surface area contributed by atoms with E-state index < -0.39 is 16.1 Å². The van der Waals surface area contributed by atoms with E-state index in [0.29, 0.717) is 5.56 Å². The fourth-order valence-electron chi connectivity index (χ4n) is 1.61. The molecule has 0 saturated carbocycles. The number of hydrogen-bond acceptors (Lipinski definition) is 4. The molecule has 0 aliphatic rings. The van der Waals surface area contributed by atoms with Crippen LogP contribution in [0.15, 0.2) is 35.4 Å². The van der Waals surface area contributed by atoms with Crippen molar-refractivity contribution >= 4 is 15.8 Å². The number of halogens is 1. The van der Waals surface area contributed by atoms with Gasteiger partial charge in [0.05, 0.1) is 6.20 Å². The van der Waals surface area contributed by atoms with Gasteiger partial charge >= 0.3 is 0 Å². The van der Waals surface area contributed by atoms with Crippen LogP contribution >= 0.6 is 0 Å². The molecule has 0 saturated heterocycles. The van der Waals surface area contributed by atoms with Crippen molar-refractivity contribution in [2.75, 3.05) is 5.73 Å². The van der Waals surface area contributed by atoms with Crippen molar-refractivity contribution < 1.29 is 12.8 Å². The van der Waals surface area contributed by atoms with Crippen LogP contribution in [0, 0.1) is 5.82 Å². The summed E-state index contributed by atoms with van der Waals surface area (Å²) in [4.78, 5) is -0.110.